The highest BCUT2D eigenvalue weighted by Crippen LogP contribution is 2.32. The van der Waals surface area contributed by atoms with Crippen LogP contribution in [-0.2, 0) is 12.6 Å². The van der Waals surface area contributed by atoms with E-state index < -0.39 is 17.6 Å². The van der Waals surface area contributed by atoms with Gasteiger partial charge in [-0.25, -0.2) is 4.39 Å². The summed E-state index contributed by atoms with van der Waals surface area (Å²) in [4.78, 5) is 0. The lowest BCUT2D eigenvalue weighted by Crippen LogP contribution is -2.28. The van der Waals surface area contributed by atoms with Crippen molar-refractivity contribution in [3.05, 3.63) is 35.1 Å². The van der Waals surface area contributed by atoms with Gasteiger partial charge in [-0.15, -0.1) is 0 Å². The van der Waals surface area contributed by atoms with Crippen LogP contribution in [-0.4, -0.2) is 13.1 Å². The maximum Gasteiger partial charge on any atom is 0.419 e. The van der Waals surface area contributed by atoms with E-state index in [0.29, 0.717) is 17.9 Å². The second-order valence-electron chi connectivity index (χ2n) is 4.71. The number of benzene rings is 1. The molecule has 1 nitrogen and oxygen atoms in total. The van der Waals surface area contributed by atoms with Crippen molar-refractivity contribution in [2.75, 3.05) is 13.1 Å². The zero-order valence-corrected chi connectivity index (χ0v) is 9.86. The first kappa shape index (κ1) is 13.3. The van der Waals surface area contributed by atoms with Gasteiger partial charge in [-0.2, -0.15) is 13.2 Å². The van der Waals surface area contributed by atoms with Crippen molar-refractivity contribution in [1.29, 1.82) is 0 Å². The van der Waals surface area contributed by atoms with Crippen LogP contribution in [0.15, 0.2) is 18.2 Å². The molecule has 5 heteroatoms. The third kappa shape index (κ3) is 3.22. The van der Waals surface area contributed by atoms with Crippen LogP contribution in [0.4, 0.5) is 17.6 Å². The predicted octanol–water partition coefficient (Wildman–Crippen LogP) is 3.39. The molecule has 0 aliphatic carbocycles. The molecule has 2 rings (SSSR count). The van der Waals surface area contributed by atoms with E-state index >= 15 is 0 Å². The minimum Gasteiger partial charge on any atom is -0.317 e. The molecule has 0 atom stereocenters. The average molecular weight is 261 g/mol. The number of nitrogens with one attached hydrogen (secondary N) is 1. The largest absolute Gasteiger partial charge is 0.419 e. The van der Waals surface area contributed by atoms with E-state index in [9.17, 15) is 17.6 Å². The molecule has 1 aromatic rings. The molecule has 0 saturated carbocycles. The van der Waals surface area contributed by atoms with E-state index in [-0.39, 0.29) is 0 Å². The van der Waals surface area contributed by atoms with Gasteiger partial charge in [0.25, 0.3) is 0 Å². The zero-order valence-electron chi connectivity index (χ0n) is 9.86. The Bertz CT molecular complexity index is 408. The maximum absolute atomic E-state index is 13.4. The number of halogens is 4. The molecule has 0 radical (unpaired) electrons. The molecule has 1 heterocycles. The van der Waals surface area contributed by atoms with E-state index in [1.807, 2.05) is 0 Å². The third-order valence-corrected chi connectivity index (χ3v) is 3.32. The Hall–Kier alpha value is -1.10. The Kier molecular flexibility index (Phi) is 3.90. The topological polar surface area (TPSA) is 12.0 Å². The van der Waals surface area contributed by atoms with Crippen LogP contribution in [0.3, 0.4) is 0 Å². The SMILES string of the molecule is Fc1cc(CC2CCNCC2)ccc1C(F)(F)F. The van der Waals surface area contributed by atoms with E-state index in [4.69, 9.17) is 0 Å². The van der Waals surface area contributed by atoms with Gasteiger partial charge in [0.05, 0.1) is 5.56 Å². The van der Waals surface area contributed by atoms with Crippen molar-refractivity contribution in [2.45, 2.75) is 25.4 Å². The molecule has 100 valence electrons. The van der Waals surface area contributed by atoms with E-state index in [1.165, 1.54) is 6.07 Å². The first-order chi connectivity index (χ1) is 8.47. The van der Waals surface area contributed by atoms with Gasteiger partial charge >= 0.3 is 6.18 Å². The van der Waals surface area contributed by atoms with Crippen LogP contribution < -0.4 is 5.32 Å². The molecule has 0 aromatic heterocycles. The number of hydrogen-bond acceptors (Lipinski definition) is 1. The first-order valence-electron chi connectivity index (χ1n) is 6.03. The lowest BCUT2D eigenvalue weighted by molar-refractivity contribution is -0.140. The summed E-state index contributed by atoms with van der Waals surface area (Å²) < 4.78 is 50.5. The lowest BCUT2D eigenvalue weighted by atomic mass is 9.90. The molecule has 1 aliphatic rings. The summed E-state index contributed by atoms with van der Waals surface area (Å²) in [7, 11) is 0. The molecular formula is C13H15F4N. The Morgan fingerprint density at radius 2 is 1.83 bits per heavy atom. The molecule has 0 bridgehead atoms. The number of rotatable bonds is 2. The molecule has 1 aliphatic heterocycles. The van der Waals surface area contributed by atoms with Crippen molar-refractivity contribution < 1.29 is 17.6 Å². The van der Waals surface area contributed by atoms with Crippen LogP contribution in [0.25, 0.3) is 0 Å². The van der Waals surface area contributed by atoms with Crippen molar-refractivity contribution in [2.24, 2.45) is 5.92 Å². The minimum absolute atomic E-state index is 0.433. The second-order valence-corrected chi connectivity index (χ2v) is 4.71. The van der Waals surface area contributed by atoms with E-state index in [0.717, 1.165) is 38.1 Å². The molecular weight excluding hydrogens is 246 g/mol. The summed E-state index contributed by atoms with van der Waals surface area (Å²) in [5, 5.41) is 3.22. The van der Waals surface area contributed by atoms with Crippen LogP contribution in [0.1, 0.15) is 24.0 Å². The number of hydrogen-bond donors (Lipinski definition) is 1. The standard InChI is InChI=1S/C13H15F4N/c14-12-8-10(1-2-11(12)13(15,16)17)7-9-3-5-18-6-4-9/h1-2,8-9,18H,3-7H2. The molecule has 18 heavy (non-hydrogen) atoms. The molecule has 0 amide bonds. The van der Waals surface area contributed by atoms with Gasteiger partial charge in [-0.1, -0.05) is 6.07 Å². The van der Waals surface area contributed by atoms with E-state index in [1.54, 1.807) is 0 Å². The molecule has 0 spiro atoms. The van der Waals surface area contributed by atoms with Gasteiger partial charge in [0, 0.05) is 0 Å². The monoisotopic (exact) mass is 261 g/mol. The van der Waals surface area contributed by atoms with Crippen LogP contribution >= 0.6 is 0 Å². The van der Waals surface area contributed by atoms with Crippen molar-refractivity contribution in [1.82, 2.24) is 5.32 Å². The van der Waals surface area contributed by atoms with Crippen molar-refractivity contribution in [3.63, 3.8) is 0 Å². The molecule has 0 unspecified atom stereocenters. The van der Waals surface area contributed by atoms with Gasteiger partial charge in [0.1, 0.15) is 5.82 Å². The summed E-state index contributed by atoms with van der Waals surface area (Å²) in [5.41, 5.74) is -0.538. The van der Waals surface area contributed by atoms with Gasteiger partial charge in [-0.05, 0) is 56.0 Å². The predicted molar refractivity (Wildman–Crippen MR) is 60.7 cm³/mol. The van der Waals surface area contributed by atoms with E-state index in [2.05, 4.69) is 5.32 Å². The van der Waals surface area contributed by atoms with Crippen LogP contribution in [0.5, 0.6) is 0 Å². The van der Waals surface area contributed by atoms with Crippen LogP contribution in [0.2, 0.25) is 0 Å². The quantitative estimate of drug-likeness (QED) is 0.805. The summed E-state index contributed by atoms with van der Waals surface area (Å²) in [5.74, 6) is -0.740. The van der Waals surface area contributed by atoms with Gasteiger partial charge in [0.2, 0.25) is 0 Å². The Morgan fingerprint density at radius 3 is 2.39 bits per heavy atom. The molecule has 1 N–H and O–H groups in total. The highest BCUT2D eigenvalue weighted by atomic mass is 19.4. The maximum atomic E-state index is 13.4. The Balaban J connectivity index is 2.08. The molecule has 1 fully saturated rings. The second kappa shape index (κ2) is 5.26. The fourth-order valence-corrected chi connectivity index (χ4v) is 2.33. The summed E-state index contributed by atoms with van der Waals surface area (Å²) >= 11 is 0. The lowest BCUT2D eigenvalue weighted by Gasteiger charge is -2.22. The third-order valence-electron chi connectivity index (χ3n) is 3.32. The molecule has 1 saturated heterocycles. The van der Waals surface area contributed by atoms with Crippen molar-refractivity contribution >= 4 is 0 Å². The normalized spacial score (nSPS) is 18.0. The smallest absolute Gasteiger partial charge is 0.317 e. The highest BCUT2D eigenvalue weighted by Gasteiger charge is 2.33. The van der Waals surface area contributed by atoms with Gasteiger partial charge in [-0.3, -0.25) is 0 Å². The Labute approximate surface area is 103 Å². The summed E-state index contributed by atoms with van der Waals surface area (Å²) in [6, 6.07) is 3.24. The number of alkyl halides is 3. The average Bonchev–Trinajstić information content (AvgIpc) is 2.28. The van der Waals surface area contributed by atoms with Crippen LogP contribution in [0, 0.1) is 11.7 Å². The minimum atomic E-state index is -4.61. The fourth-order valence-electron chi connectivity index (χ4n) is 2.33. The number of piperidine rings is 1. The Morgan fingerprint density at radius 1 is 1.17 bits per heavy atom. The summed E-state index contributed by atoms with van der Waals surface area (Å²) in [6.07, 6.45) is -1.99. The first-order valence-corrected chi connectivity index (χ1v) is 6.03. The fraction of sp³-hybridized carbons (Fsp3) is 0.538. The van der Waals surface area contributed by atoms with Gasteiger partial charge < -0.3 is 5.32 Å². The van der Waals surface area contributed by atoms with Gasteiger partial charge in [0.15, 0.2) is 0 Å². The summed E-state index contributed by atoms with van der Waals surface area (Å²) in [6.45, 7) is 1.85. The zero-order chi connectivity index (χ0) is 13.2. The van der Waals surface area contributed by atoms with Crippen molar-refractivity contribution in [3.8, 4) is 0 Å². The highest BCUT2D eigenvalue weighted by molar-refractivity contribution is 5.26. The molecule has 1 aromatic carbocycles.